The molecule has 0 amide bonds. The van der Waals surface area contributed by atoms with Crippen LogP contribution < -0.4 is 0 Å². The van der Waals surface area contributed by atoms with Gasteiger partial charge in [-0.15, -0.1) is 0 Å². The molecular formula is C15H17ClN2O2. The van der Waals surface area contributed by atoms with Crippen LogP contribution in [0.5, 0.6) is 0 Å². The Labute approximate surface area is 123 Å². The van der Waals surface area contributed by atoms with Crippen molar-refractivity contribution in [2.45, 2.75) is 33.1 Å². The number of aromatic nitrogens is 2. The van der Waals surface area contributed by atoms with E-state index < -0.39 is 5.97 Å². The average Bonchev–Trinajstić information content (AvgIpc) is 2.72. The number of nitrogens with zero attached hydrogens (tertiary/aromatic N) is 2. The van der Waals surface area contributed by atoms with Crippen LogP contribution in [-0.4, -0.2) is 20.9 Å². The van der Waals surface area contributed by atoms with E-state index in [-0.39, 0.29) is 10.7 Å². The van der Waals surface area contributed by atoms with E-state index in [2.05, 4.69) is 12.0 Å². The number of carbonyl (C=O) groups is 1. The van der Waals surface area contributed by atoms with E-state index in [0.717, 1.165) is 24.9 Å². The summed E-state index contributed by atoms with van der Waals surface area (Å²) >= 11 is 6.10. The highest BCUT2D eigenvalue weighted by atomic mass is 35.5. The maximum Gasteiger partial charge on any atom is 0.340 e. The van der Waals surface area contributed by atoms with Gasteiger partial charge in [-0.25, -0.2) is 9.48 Å². The molecule has 1 aromatic heterocycles. The van der Waals surface area contributed by atoms with Crippen molar-refractivity contribution >= 4 is 17.6 Å². The second kappa shape index (κ2) is 6.09. The lowest BCUT2D eigenvalue weighted by atomic mass is 10.1. The maximum atomic E-state index is 11.1. The van der Waals surface area contributed by atoms with E-state index in [1.54, 1.807) is 6.92 Å². The molecule has 2 rings (SSSR count). The van der Waals surface area contributed by atoms with E-state index in [1.165, 1.54) is 10.2 Å². The molecule has 20 heavy (non-hydrogen) atoms. The van der Waals surface area contributed by atoms with Gasteiger partial charge in [-0.2, -0.15) is 5.10 Å². The number of carboxylic acid groups (broad SMARTS) is 1. The summed E-state index contributed by atoms with van der Waals surface area (Å²) < 4.78 is 1.46. The van der Waals surface area contributed by atoms with Crippen LogP contribution in [0.25, 0.3) is 5.69 Å². The van der Waals surface area contributed by atoms with Gasteiger partial charge in [-0.05, 0) is 37.5 Å². The molecule has 0 spiro atoms. The molecule has 0 bridgehead atoms. The van der Waals surface area contributed by atoms with Crippen LogP contribution in [0.2, 0.25) is 5.15 Å². The third kappa shape index (κ3) is 2.85. The molecule has 0 aliphatic carbocycles. The number of aromatic carboxylic acids is 1. The van der Waals surface area contributed by atoms with Crippen molar-refractivity contribution in [2.75, 3.05) is 0 Å². The third-order valence-corrected chi connectivity index (χ3v) is 3.57. The van der Waals surface area contributed by atoms with E-state index >= 15 is 0 Å². The number of rotatable bonds is 5. The summed E-state index contributed by atoms with van der Waals surface area (Å²) in [5, 5.41) is 13.4. The zero-order chi connectivity index (χ0) is 14.7. The van der Waals surface area contributed by atoms with Gasteiger partial charge in [0.25, 0.3) is 0 Å². The topological polar surface area (TPSA) is 55.1 Å². The molecule has 0 atom stereocenters. The quantitative estimate of drug-likeness (QED) is 0.910. The largest absolute Gasteiger partial charge is 0.478 e. The van der Waals surface area contributed by atoms with Crippen LogP contribution >= 0.6 is 11.6 Å². The number of hydrogen-bond donors (Lipinski definition) is 1. The molecule has 0 unspecified atom stereocenters. The predicted molar refractivity (Wildman–Crippen MR) is 78.9 cm³/mol. The molecule has 2 aromatic rings. The summed E-state index contributed by atoms with van der Waals surface area (Å²) in [4.78, 5) is 11.1. The fourth-order valence-electron chi connectivity index (χ4n) is 2.10. The van der Waals surface area contributed by atoms with Crippen LogP contribution in [0, 0.1) is 6.92 Å². The summed E-state index contributed by atoms with van der Waals surface area (Å²) in [6.07, 6.45) is 3.36. The summed E-state index contributed by atoms with van der Waals surface area (Å²) in [5.74, 6) is -1.06. The van der Waals surface area contributed by atoms with Crippen molar-refractivity contribution < 1.29 is 9.90 Å². The fourth-order valence-corrected chi connectivity index (χ4v) is 2.45. The molecule has 1 N–H and O–H groups in total. The van der Waals surface area contributed by atoms with E-state index in [1.807, 2.05) is 24.3 Å². The third-order valence-electron chi connectivity index (χ3n) is 3.22. The van der Waals surface area contributed by atoms with Gasteiger partial charge >= 0.3 is 5.97 Å². The number of benzene rings is 1. The predicted octanol–water partition coefficient (Wildman–Crippen LogP) is 3.87. The summed E-state index contributed by atoms with van der Waals surface area (Å²) in [6.45, 7) is 3.80. The van der Waals surface area contributed by atoms with Crippen LogP contribution in [0.15, 0.2) is 24.3 Å². The second-order valence-corrected chi connectivity index (χ2v) is 5.10. The highest BCUT2D eigenvalue weighted by Gasteiger charge is 2.20. The van der Waals surface area contributed by atoms with E-state index in [0.29, 0.717) is 5.69 Å². The van der Waals surface area contributed by atoms with E-state index in [9.17, 15) is 4.79 Å². The molecule has 0 saturated carbocycles. The van der Waals surface area contributed by atoms with Crippen molar-refractivity contribution in [1.82, 2.24) is 9.78 Å². The smallest absolute Gasteiger partial charge is 0.340 e. The number of unbranched alkanes of at least 4 members (excludes halogenated alkanes) is 1. The van der Waals surface area contributed by atoms with Crippen molar-refractivity contribution in [1.29, 1.82) is 0 Å². The molecule has 0 saturated heterocycles. The van der Waals surface area contributed by atoms with Crippen LogP contribution in [0.1, 0.15) is 41.4 Å². The Morgan fingerprint density at radius 1 is 1.35 bits per heavy atom. The minimum absolute atomic E-state index is 0.0572. The Morgan fingerprint density at radius 2 is 2.00 bits per heavy atom. The number of aryl methyl sites for hydroxylation is 2. The van der Waals surface area contributed by atoms with Crippen molar-refractivity contribution in [3.05, 3.63) is 46.2 Å². The Morgan fingerprint density at radius 3 is 2.50 bits per heavy atom. The maximum absolute atomic E-state index is 11.1. The molecule has 1 heterocycles. The van der Waals surface area contributed by atoms with Crippen LogP contribution in [-0.2, 0) is 6.42 Å². The SMILES string of the molecule is CCCCc1ccc(-n2nc(C)c(C(=O)O)c2Cl)cc1. The van der Waals surface area contributed by atoms with Gasteiger partial charge in [-0.1, -0.05) is 37.1 Å². The molecular weight excluding hydrogens is 276 g/mol. The minimum Gasteiger partial charge on any atom is -0.478 e. The van der Waals surface area contributed by atoms with Crippen LogP contribution in [0.4, 0.5) is 0 Å². The number of halogens is 1. The first-order valence-electron chi connectivity index (χ1n) is 6.62. The van der Waals surface area contributed by atoms with Gasteiger partial charge in [0.1, 0.15) is 10.7 Å². The lowest BCUT2D eigenvalue weighted by Gasteiger charge is -2.05. The standard InChI is InChI=1S/C15H17ClN2O2/c1-3-4-5-11-6-8-12(9-7-11)18-14(16)13(15(19)20)10(2)17-18/h6-9H,3-5H2,1-2H3,(H,19,20). The van der Waals surface area contributed by atoms with Crippen LogP contribution in [0.3, 0.4) is 0 Å². The Bertz CT molecular complexity index is 618. The van der Waals surface area contributed by atoms with E-state index in [4.69, 9.17) is 16.7 Å². The first-order chi connectivity index (χ1) is 9.54. The van der Waals surface area contributed by atoms with Gasteiger partial charge in [0.05, 0.1) is 11.4 Å². The van der Waals surface area contributed by atoms with Crippen molar-refractivity contribution in [3.8, 4) is 5.69 Å². The Balaban J connectivity index is 2.32. The van der Waals surface area contributed by atoms with Gasteiger partial charge in [0.2, 0.25) is 0 Å². The minimum atomic E-state index is -1.06. The van der Waals surface area contributed by atoms with Gasteiger partial charge in [0.15, 0.2) is 0 Å². The molecule has 0 aliphatic rings. The van der Waals surface area contributed by atoms with Gasteiger partial charge < -0.3 is 5.11 Å². The first-order valence-corrected chi connectivity index (χ1v) is 7.00. The fraction of sp³-hybridized carbons (Fsp3) is 0.333. The molecule has 0 aliphatic heterocycles. The van der Waals surface area contributed by atoms with Crippen molar-refractivity contribution in [2.24, 2.45) is 0 Å². The van der Waals surface area contributed by atoms with Gasteiger partial charge in [-0.3, -0.25) is 0 Å². The normalized spacial score (nSPS) is 10.8. The average molecular weight is 293 g/mol. The van der Waals surface area contributed by atoms with Gasteiger partial charge in [0, 0.05) is 0 Å². The second-order valence-electron chi connectivity index (χ2n) is 4.74. The molecule has 5 heteroatoms. The highest BCUT2D eigenvalue weighted by Crippen LogP contribution is 2.23. The summed E-state index contributed by atoms with van der Waals surface area (Å²) in [7, 11) is 0. The zero-order valence-electron chi connectivity index (χ0n) is 11.6. The Hall–Kier alpha value is -1.81. The Kier molecular flexibility index (Phi) is 4.45. The molecule has 0 radical (unpaired) electrons. The molecule has 106 valence electrons. The first kappa shape index (κ1) is 14.6. The van der Waals surface area contributed by atoms with Crippen molar-refractivity contribution in [3.63, 3.8) is 0 Å². The number of carboxylic acids is 1. The highest BCUT2D eigenvalue weighted by molar-refractivity contribution is 6.32. The number of hydrogen-bond acceptors (Lipinski definition) is 2. The lowest BCUT2D eigenvalue weighted by molar-refractivity contribution is 0.0696. The lowest BCUT2D eigenvalue weighted by Crippen LogP contribution is -1.99. The molecule has 4 nitrogen and oxygen atoms in total. The monoisotopic (exact) mass is 292 g/mol. The summed E-state index contributed by atoms with van der Waals surface area (Å²) in [6, 6.07) is 7.88. The molecule has 1 aromatic carbocycles. The zero-order valence-corrected chi connectivity index (χ0v) is 12.3. The summed E-state index contributed by atoms with van der Waals surface area (Å²) in [5.41, 5.74) is 2.50. The molecule has 0 fully saturated rings.